The van der Waals surface area contributed by atoms with Gasteiger partial charge in [0.15, 0.2) is 4.96 Å². The molecule has 7 heteroatoms. The molecule has 0 bridgehead atoms. The first kappa shape index (κ1) is 17.0. The van der Waals surface area contributed by atoms with Gasteiger partial charge in [-0.2, -0.15) is 0 Å². The Labute approximate surface area is 157 Å². The maximum atomic E-state index is 13.5. The van der Waals surface area contributed by atoms with E-state index in [-0.39, 0.29) is 10.8 Å². The Hall–Kier alpha value is -2.44. The Morgan fingerprint density at radius 3 is 2.42 bits per heavy atom. The predicted octanol–water partition coefficient (Wildman–Crippen LogP) is 6.35. The molecule has 26 heavy (non-hydrogen) atoms. The summed E-state index contributed by atoms with van der Waals surface area (Å²) in [5, 5.41) is 3.59. The van der Waals surface area contributed by atoms with Gasteiger partial charge in [0.1, 0.15) is 23.1 Å². The molecular weight excluding hydrogens is 376 g/mol. The van der Waals surface area contributed by atoms with E-state index < -0.39 is 5.82 Å². The van der Waals surface area contributed by atoms with Crippen LogP contribution in [0.15, 0.2) is 42.5 Å². The highest BCUT2D eigenvalue weighted by Crippen LogP contribution is 2.38. The minimum atomic E-state index is -0.403. The summed E-state index contributed by atoms with van der Waals surface area (Å²) in [7, 11) is 0. The first-order valence-electron chi connectivity index (χ1n) is 7.90. The Morgan fingerprint density at radius 2 is 1.73 bits per heavy atom. The van der Waals surface area contributed by atoms with Gasteiger partial charge >= 0.3 is 0 Å². The molecule has 0 spiro atoms. The van der Waals surface area contributed by atoms with Crippen LogP contribution in [-0.4, -0.2) is 9.38 Å². The van der Waals surface area contributed by atoms with Crippen LogP contribution in [0.1, 0.15) is 10.6 Å². The summed E-state index contributed by atoms with van der Waals surface area (Å²) in [4.78, 5) is 6.66. The molecule has 3 nitrogen and oxygen atoms in total. The van der Waals surface area contributed by atoms with E-state index in [9.17, 15) is 8.78 Å². The molecule has 4 rings (SSSR count). The number of fused-ring (bicyclic) bond motifs is 1. The molecule has 0 aliphatic carbocycles. The number of nitrogens with one attached hydrogen (secondary N) is 1. The van der Waals surface area contributed by atoms with E-state index in [1.54, 1.807) is 29.5 Å². The largest absolute Gasteiger partial charge is 0.339 e. The third-order valence-electron chi connectivity index (χ3n) is 4.23. The molecule has 2 aromatic carbocycles. The van der Waals surface area contributed by atoms with Crippen molar-refractivity contribution < 1.29 is 8.78 Å². The summed E-state index contributed by atoms with van der Waals surface area (Å²) in [6, 6.07) is 10.3. The molecular formula is C19H14ClF2N3S. The number of thiazole rings is 1. The second kappa shape index (κ2) is 6.37. The standard InChI is InChI=1S/C19H14ClF2N3S/c1-10-11(2)26-19-24-17(15-8-5-13(22)9-16(15)20)18(25(10)19)23-14-6-3-12(21)4-7-14/h3-9,23H,1-2H3. The van der Waals surface area contributed by atoms with Crippen molar-refractivity contribution in [2.45, 2.75) is 13.8 Å². The molecule has 0 amide bonds. The van der Waals surface area contributed by atoms with Crippen LogP contribution in [0.3, 0.4) is 0 Å². The van der Waals surface area contributed by atoms with Crippen molar-refractivity contribution in [1.82, 2.24) is 9.38 Å². The average Bonchev–Trinajstić information content (AvgIpc) is 3.07. The zero-order valence-electron chi connectivity index (χ0n) is 14.0. The highest BCUT2D eigenvalue weighted by atomic mass is 35.5. The Morgan fingerprint density at radius 1 is 1.04 bits per heavy atom. The van der Waals surface area contributed by atoms with Crippen LogP contribution in [-0.2, 0) is 0 Å². The van der Waals surface area contributed by atoms with Crippen molar-refractivity contribution in [2.24, 2.45) is 0 Å². The van der Waals surface area contributed by atoms with Gasteiger partial charge < -0.3 is 5.32 Å². The molecule has 1 N–H and O–H groups in total. The summed E-state index contributed by atoms with van der Waals surface area (Å²) in [5.41, 5.74) is 3.02. The zero-order chi connectivity index (χ0) is 18.4. The Kier molecular flexibility index (Phi) is 4.17. The van der Waals surface area contributed by atoms with Gasteiger partial charge in [-0.3, -0.25) is 4.40 Å². The molecule has 0 radical (unpaired) electrons. The van der Waals surface area contributed by atoms with E-state index in [0.29, 0.717) is 17.1 Å². The third-order valence-corrected chi connectivity index (χ3v) is 5.60. The lowest BCUT2D eigenvalue weighted by molar-refractivity contribution is 0.627. The molecule has 0 saturated heterocycles. The second-order valence-corrected chi connectivity index (χ2v) is 7.52. The number of halogens is 3. The molecule has 2 aromatic heterocycles. The number of aryl methyl sites for hydroxylation is 2. The average molecular weight is 390 g/mol. The smallest absolute Gasteiger partial charge is 0.196 e. The van der Waals surface area contributed by atoms with Gasteiger partial charge in [0, 0.05) is 21.8 Å². The molecule has 0 aliphatic heterocycles. The van der Waals surface area contributed by atoms with Gasteiger partial charge in [-0.15, -0.1) is 11.3 Å². The lowest BCUT2D eigenvalue weighted by Crippen LogP contribution is -1.98. The van der Waals surface area contributed by atoms with Crippen molar-refractivity contribution in [3.63, 3.8) is 0 Å². The minimum Gasteiger partial charge on any atom is -0.339 e. The van der Waals surface area contributed by atoms with E-state index in [1.807, 2.05) is 18.2 Å². The fourth-order valence-electron chi connectivity index (χ4n) is 2.80. The summed E-state index contributed by atoms with van der Waals surface area (Å²) < 4.78 is 28.7. The zero-order valence-corrected chi connectivity index (χ0v) is 15.6. The summed E-state index contributed by atoms with van der Waals surface area (Å²) >= 11 is 7.83. The van der Waals surface area contributed by atoms with E-state index in [4.69, 9.17) is 16.6 Å². The van der Waals surface area contributed by atoms with Crippen molar-refractivity contribution in [3.8, 4) is 11.3 Å². The van der Waals surface area contributed by atoms with Crippen LogP contribution < -0.4 is 5.32 Å². The quantitative estimate of drug-likeness (QED) is 0.442. The molecule has 132 valence electrons. The molecule has 2 heterocycles. The molecule has 0 unspecified atom stereocenters. The molecule has 0 aliphatic rings. The van der Waals surface area contributed by atoms with Crippen LogP contribution in [0.2, 0.25) is 5.02 Å². The molecule has 4 aromatic rings. The number of hydrogen-bond donors (Lipinski definition) is 1. The highest BCUT2D eigenvalue weighted by Gasteiger charge is 2.20. The lowest BCUT2D eigenvalue weighted by atomic mass is 10.1. The van der Waals surface area contributed by atoms with Crippen molar-refractivity contribution in [3.05, 3.63) is 69.7 Å². The first-order valence-corrected chi connectivity index (χ1v) is 9.10. The molecule has 0 saturated carbocycles. The normalized spacial score (nSPS) is 11.3. The van der Waals surface area contributed by atoms with Gasteiger partial charge in [0.25, 0.3) is 0 Å². The number of nitrogens with zero attached hydrogens (tertiary/aromatic N) is 2. The van der Waals surface area contributed by atoms with Gasteiger partial charge in [-0.25, -0.2) is 13.8 Å². The fraction of sp³-hybridized carbons (Fsp3) is 0.105. The van der Waals surface area contributed by atoms with E-state index >= 15 is 0 Å². The van der Waals surface area contributed by atoms with Crippen LogP contribution in [0.25, 0.3) is 16.2 Å². The second-order valence-electron chi connectivity index (χ2n) is 5.93. The Bertz CT molecular complexity index is 1120. The number of anilines is 2. The van der Waals surface area contributed by atoms with Crippen LogP contribution in [0.5, 0.6) is 0 Å². The maximum Gasteiger partial charge on any atom is 0.196 e. The number of hydrogen-bond acceptors (Lipinski definition) is 3. The van der Waals surface area contributed by atoms with Crippen LogP contribution in [0, 0.1) is 25.5 Å². The predicted molar refractivity (Wildman–Crippen MR) is 103 cm³/mol. The molecule has 0 atom stereocenters. The van der Waals surface area contributed by atoms with Crippen molar-refractivity contribution in [2.75, 3.05) is 5.32 Å². The van der Waals surface area contributed by atoms with Crippen molar-refractivity contribution >= 4 is 39.4 Å². The molecule has 0 fully saturated rings. The van der Waals surface area contributed by atoms with Crippen molar-refractivity contribution in [1.29, 1.82) is 0 Å². The maximum absolute atomic E-state index is 13.5. The number of imidazole rings is 1. The van der Waals surface area contributed by atoms with E-state index in [2.05, 4.69) is 5.32 Å². The van der Waals surface area contributed by atoms with E-state index in [1.165, 1.54) is 24.3 Å². The Balaban J connectivity index is 1.93. The highest BCUT2D eigenvalue weighted by molar-refractivity contribution is 7.17. The lowest BCUT2D eigenvalue weighted by Gasteiger charge is -2.10. The SMILES string of the molecule is Cc1sc2nc(-c3ccc(F)cc3Cl)c(Nc3ccc(F)cc3)n2c1C. The number of rotatable bonds is 3. The van der Waals surface area contributed by atoms with Gasteiger partial charge in [0.2, 0.25) is 0 Å². The van der Waals surface area contributed by atoms with Gasteiger partial charge in [-0.05, 0) is 56.3 Å². The summed E-state index contributed by atoms with van der Waals surface area (Å²) in [5.74, 6) is 0.000137. The van der Waals surface area contributed by atoms with Gasteiger partial charge in [-0.1, -0.05) is 11.6 Å². The monoisotopic (exact) mass is 389 g/mol. The van der Waals surface area contributed by atoms with Crippen LogP contribution >= 0.6 is 22.9 Å². The van der Waals surface area contributed by atoms with Gasteiger partial charge in [0.05, 0.1) is 5.02 Å². The summed E-state index contributed by atoms with van der Waals surface area (Å²) in [6.07, 6.45) is 0. The third kappa shape index (κ3) is 2.85. The van der Waals surface area contributed by atoms with Crippen LogP contribution in [0.4, 0.5) is 20.3 Å². The summed E-state index contributed by atoms with van der Waals surface area (Å²) in [6.45, 7) is 4.04. The topological polar surface area (TPSA) is 29.3 Å². The fourth-order valence-corrected chi connectivity index (χ4v) is 4.03. The minimum absolute atomic E-state index is 0.285. The van der Waals surface area contributed by atoms with E-state index in [0.717, 1.165) is 21.2 Å². The number of benzene rings is 2. The first-order chi connectivity index (χ1) is 12.4. The number of aromatic nitrogens is 2.